The van der Waals surface area contributed by atoms with Crippen LogP contribution in [0.2, 0.25) is 0 Å². The zero-order chi connectivity index (χ0) is 30.5. The molecule has 0 aliphatic carbocycles. The number of sulfonamides is 1. The Labute approximate surface area is 258 Å². The molecule has 1 atom stereocenters. The van der Waals surface area contributed by atoms with Crippen molar-refractivity contribution in [1.82, 2.24) is 22.9 Å². The van der Waals surface area contributed by atoms with Crippen LogP contribution >= 0.6 is 23.1 Å². The van der Waals surface area contributed by atoms with E-state index in [2.05, 4.69) is 63.1 Å². The first kappa shape index (κ1) is 32.7. The van der Waals surface area contributed by atoms with Gasteiger partial charge in [0.2, 0.25) is 0 Å². The number of piperazine rings is 1. The van der Waals surface area contributed by atoms with Gasteiger partial charge in [-0.05, 0) is 49.9 Å². The normalized spacial score (nSPS) is 16.3. The van der Waals surface area contributed by atoms with Crippen LogP contribution in [0.1, 0.15) is 64.8 Å². The molecule has 3 N–H and O–H groups in total. The lowest BCUT2D eigenvalue weighted by Crippen LogP contribution is -2.44. The molecule has 11 nitrogen and oxygen atoms in total. The summed E-state index contributed by atoms with van der Waals surface area (Å²) in [6, 6.07) is 1.93. The molecule has 0 unspecified atom stereocenters. The molecule has 14 heteroatoms. The molecule has 1 fully saturated rings. The van der Waals surface area contributed by atoms with Crippen LogP contribution in [0.25, 0.3) is 0 Å². The van der Waals surface area contributed by atoms with Crippen molar-refractivity contribution in [2.45, 2.75) is 64.1 Å². The SMILES string of the molecule is CCN(CC)S(=O)(=O)c1scc(Nc2nsnc2N[C@@H](c2cc(CCCCN3CCN(C)CC3)co2)C(C)(C)C)c1O. The predicted molar refractivity (Wildman–Crippen MR) is 171 cm³/mol. The largest absolute Gasteiger partial charge is 0.504 e. The molecule has 3 aromatic rings. The first-order valence-corrected chi connectivity index (χ1v) is 17.6. The average molecular weight is 640 g/mol. The number of aromatic hydroxyl groups is 1. The standard InChI is InChI=1S/C28H45N7O4S3/c1-7-35(8-2)42(37,38)27-23(36)21(19-40-27)29-25-26(32-41-31-25)30-24(28(3,4)5)22-17-20(18-39-22)11-9-10-12-34-15-13-33(6)14-16-34/h17-19,24,36H,7-16H2,1-6H3,(H,29,31)(H,30,32)/t24-/m0/s1. The summed E-state index contributed by atoms with van der Waals surface area (Å²) in [5.74, 6) is 1.41. The summed E-state index contributed by atoms with van der Waals surface area (Å²) in [7, 11) is -1.61. The molecule has 0 bridgehead atoms. The van der Waals surface area contributed by atoms with Crippen molar-refractivity contribution in [2.75, 3.05) is 63.5 Å². The highest BCUT2D eigenvalue weighted by Gasteiger charge is 2.32. The molecule has 0 radical (unpaired) electrons. The minimum absolute atomic E-state index is 0.0920. The van der Waals surface area contributed by atoms with Crippen LogP contribution in [0.3, 0.4) is 0 Å². The second kappa shape index (κ2) is 14.0. The van der Waals surface area contributed by atoms with Gasteiger partial charge in [-0.3, -0.25) is 0 Å². The van der Waals surface area contributed by atoms with E-state index in [1.807, 2.05) is 6.26 Å². The minimum atomic E-state index is -3.79. The Balaban J connectivity index is 1.41. The van der Waals surface area contributed by atoms with Crippen molar-refractivity contribution >= 4 is 50.4 Å². The van der Waals surface area contributed by atoms with Crippen LogP contribution in [0.4, 0.5) is 17.3 Å². The van der Waals surface area contributed by atoms with E-state index in [4.69, 9.17) is 4.42 Å². The molecule has 0 spiro atoms. The van der Waals surface area contributed by atoms with Gasteiger partial charge in [-0.15, -0.1) is 11.3 Å². The highest BCUT2D eigenvalue weighted by molar-refractivity contribution is 7.91. The van der Waals surface area contributed by atoms with Crippen molar-refractivity contribution in [1.29, 1.82) is 0 Å². The third kappa shape index (κ3) is 7.83. The Morgan fingerprint density at radius 1 is 1.12 bits per heavy atom. The molecule has 42 heavy (non-hydrogen) atoms. The highest BCUT2D eigenvalue weighted by atomic mass is 32.2. The quantitative estimate of drug-likeness (QED) is 0.196. The number of anilines is 3. The molecule has 0 amide bonds. The number of aryl methyl sites for hydroxylation is 1. The third-order valence-electron chi connectivity index (χ3n) is 7.64. The van der Waals surface area contributed by atoms with Crippen molar-refractivity contribution in [3.8, 4) is 5.75 Å². The first-order chi connectivity index (χ1) is 19.9. The molecular weight excluding hydrogens is 595 g/mol. The third-order valence-corrected chi connectivity index (χ3v) is 11.7. The van der Waals surface area contributed by atoms with Crippen molar-refractivity contribution in [3.63, 3.8) is 0 Å². The van der Waals surface area contributed by atoms with E-state index in [-0.39, 0.29) is 27.1 Å². The Kier molecular flexibility index (Phi) is 10.9. The Morgan fingerprint density at radius 3 is 2.48 bits per heavy atom. The number of rotatable bonds is 14. The summed E-state index contributed by atoms with van der Waals surface area (Å²) < 4.78 is 42.1. The number of likely N-dealkylation sites (N-methyl/N-ethyl adjacent to an activating group) is 1. The Hall–Kier alpha value is -2.23. The van der Waals surface area contributed by atoms with Crippen molar-refractivity contribution < 1.29 is 17.9 Å². The van der Waals surface area contributed by atoms with E-state index in [1.54, 1.807) is 19.2 Å². The molecule has 0 saturated carbocycles. The van der Waals surface area contributed by atoms with Gasteiger partial charge in [-0.25, -0.2) is 8.42 Å². The maximum Gasteiger partial charge on any atom is 0.256 e. The molecule has 4 rings (SSSR count). The van der Waals surface area contributed by atoms with E-state index in [9.17, 15) is 13.5 Å². The Bertz CT molecular complexity index is 1380. The van der Waals surface area contributed by atoms with Crippen molar-refractivity contribution in [2.24, 2.45) is 5.41 Å². The lowest BCUT2D eigenvalue weighted by atomic mass is 9.85. The van der Waals surface area contributed by atoms with Gasteiger partial charge in [0.25, 0.3) is 10.0 Å². The van der Waals surface area contributed by atoms with Gasteiger partial charge >= 0.3 is 0 Å². The van der Waals surface area contributed by atoms with Gasteiger partial charge in [0.1, 0.15) is 5.76 Å². The van der Waals surface area contributed by atoms with Crippen LogP contribution in [0.15, 0.2) is 26.3 Å². The number of hydrogen-bond acceptors (Lipinski definition) is 12. The van der Waals surface area contributed by atoms with Gasteiger partial charge in [0, 0.05) is 44.6 Å². The first-order valence-electron chi connectivity index (χ1n) is 14.6. The summed E-state index contributed by atoms with van der Waals surface area (Å²) in [5.41, 5.74) is 1.23. The van der Waals surface area contributed by atoms with Gasteiger partial charge in [0.05, 0.1) is 29.7 Å². The van der Waals surface area contributed by atoms with Gasteiger partial charge in [-0.1, -0.05) is 34.6 Å². The van der Waals surface area contributed by atoms with Crippen LogP contribution in [0, 0.1) is 5.41 Å². The second-order valence-electron chi connectivity index (χ2n) is 11.9. The number of nitrogens with zero attached hydrogens (tertiary/aromatic N) is 5. The summed E-state index contributed by atoms with van der Waals surface area (Å²) in [6.07, 6.45) is 5.10. The highest BCUT2D eigenvalue weighted by Crippen LogP contribution is 2.42. The predicted octanol–water partition coefficient (Wildman–Crippen LogP) is 5.44. The summed E-state index contributed by atoms with van der Waals surface area (Å²) in [6.45, 7) is 16.3. The minimum Gasteiger partial charge on any atom is -0.504 e. The molecule has 1 saturated heterocycles. The number of nitrogens with one attached hydrogen (secondary N) is 2. The van der Waals surface area contributed by atoms with Gasteiger partial charge in [0.15, 0.2) is 21.6 Å². The van der Waals surface area contributed by atoms with Crippen LogP contribution in [-0.4, -0.2) is 89.2 Å². The summed E-state index contributed by atoms with van der Waals surface area (Å²) >= 11 is 2.00. The smallest absolute Gasteiger partial charge is 0.256 e. The van der Waals surface area contributed by atoms with Gasteiger partial charge < -0.3 is 30.0 Å². The lowest BCUT2D eigenvalue weighted by Gasteiger charge is -2.32. The topological polar surface area (TPSA) is 127 Å². The molecule has 1 aliphatic rings. The summed E-state index contributed by atoms with van der Waals surface area (Å²) in [5, 5.41) is 19.0. The number of aromatic nitrogens is 2. The van der Waals surface area contributed by atoms with Crippen LogP contribution < -0.4 is 10.6 Å². The maximum atomic E-state index is 13.0. The lowest BCUT2D eigenvalue weighted by molar-refractivity contribution is 0.152. The number of furan rings is 1. The fourth-order valence-corrected chi connectivity index (χ4v) is 8.35. The average Bonchev–Trinajstić information content (AvgIpc) is 3.67. The molecule has 1 aliphatic heterocycles. The fourth-order valence-electron chi connectivity index (χ4n) is 5.04. The van der Waals surface area contributed by atoms with Gasteiger partial charge in [-0.2, -0.15) is 13.1 Å². The van der Waals surface area contributed by atoms with E-state index >= 15 is 0 Å². The molecule has 3 aromatic heterocycles. The van der Waals surface area contributed by atoms with E-state index < -0.39 is 10.0 Å². The second-order valence-corrected chi connectivity index (χ2v) is 15.4. The van der Waals surface area contributed by atoms with E-state index in [0.717, 1.165) is 80.8 Å². The molecule has 0 aromatic carbocycles. The van der Waals surface area contributed by atoms with E-state index in [0.29, 0.717) is 24.7 Å². The zero-order valence-corrected chi connectivity index (χ0v) is 28.0. The number of unbranched alkanes of at least 4 members (excludes halogenated alkanes) is 1. The molecular formula is C28H45N7O4S3. The number of thiophene rings is 1. The van der Waals surface area contributed by atoms with Crippen molar-refractivity contribution in [3.05, 3.63) is 29.0 Å². The molecule has 4 heterocycles. The fraction of sp³-hybridized carbons (Fsp3) is 0.643. The summed E-state index contributed by atoms with van der Waals surface area (Å²) in [4.78, 5) is 4.93. The molecule has 234 valence electrons. The number of hydrogen-bond donors (Lipinski definition) is 3. The van der Waals surface area contributed by atoms with E-state index in [1.165, 1.54) is 9.87 Å². The zero-order valence-electron chi connectivity index (χ0n) is 25.5. The van der Waals surface area contributed by atoms with Crippen LogP contribution in [-0.2, 0) is 16.4 Å². The maximum absolute atomic E-state index is 13.0. The van der Waals surface area contributed by atoms with Crippen LogP contribution in [0.5, 0.6) is 5.75 Å². The Morgan fingerprint density at radius 2 is 1.81 bits per heavy atom. The monoisotopic (exact) mass is 639 g/mol.